The monoisotopic (exact) mass is 374 g/mol. The van der Waals surface area contributed by atoms with Gasteiger partial charge in [0.2, 0.25) is 15.9 Å². The molecular formula is C20H26N2O3S. The van der Waals surface area contributed by atoms with E-state index in [0.717, 1.165) is 35.1 Å². The number of amides is 1. The number of hydrogen-bond donors (Lipinski definition) is 1. The van der Waals surface area contributed by atoms with Crippen molar-refractivity contribution in [2.75, 3.05) is 22.4 Å². The van der Waals surface area contributed by atoms with Gasteiger partial charge in [0, 0.05) is 18.7 Å². The van der Waals surface area contributed by atoms with Gasteiger partial charge in [0.15, 0.2) is 0 Å². The fourth-order valence-electron chi connectivity index (χ4n) is 2.88. The normalized spacial score (nSPS) is 11.2. The van der Waals surface area contributed by atoms with Gasteiger partial charge in [0.1, 0.15) is 0 Å². The van der Waals surface area contributed by atoms with Crippen LogP contribution >= 0.6 is 0 Å². The molecule has 0 aliphatic rings. The van der Waals surface area contributed by atoms with Crippen LogP contribution in [0.4, 0.5) is 11.4 Å². The lowest BCUT2D eigenvalue weighted by atomic mass is 10.1. The van der Waals surface area contributed by atoms with Crippen LogP contribution in [0.2, 0.25) is 0 Å². The molecule has 2 rings (SSSR count). The molecule has 2 aromatic carbocycles. The Bertz CT molecular complexity index is 892. The van der Waals surface area contributed by atoms with E-state index in [1.165, 1.54) is 4.31 Å². The van der Waals surface area contributed by atoms with E-state index >= 15 is 0 Å². The number of hydrogen-bond acceptors (Lipinski definition) is 3. The Labute approximate surface area is 156 Å². The van der Waals surface area contributed by atoms with Crippen LogP contribution < -0.4 is 9.62 Å². The van der Waals surface area contributed by atoms with Gasteiger partial charge in [-0.1, -0.05) is 37.3 Å². The van der Waals surface area contributed by atoms with Crippen molar-refractivity contribution in [3.05, 3.63) is 59.2 Å². The van der Waals surface area contributed by atoms with Crippen LogP contribution in [0.5, 0.6) is 0 Å². The number of aryl methyl sites for hydroxylation is 3. The molecule has 0 atom stereocenters. The molecule has 0 fully saturated rings. The average molecular weight is 375 g/mol. The van der Waals surface area contributed by atoms with E-state index in [2.05, 4.69) is 5.32 Å². The second-order valence-electron chi connectivity index (χ2n) is 6.43. The summed E-state index contributed by atoms with van der Waals surface area (Å²) in [5.41, 5.74) is 4.42. The van der Waals surface area contributed by atoms with E-state index < -0.39 is 10.0 Å². The Hall–Kier alpha value is -2.34. The molecule has 0 saturated heterocycles. The lowest BCUT2D eigenvalue weighted by molar-refractivity contribution is -0.116. The fourth-order valence-corrected chi connectivity index (χ4v) is 3.80. The van der Waals surface area contributed by atoms with E-state index in [1.54, 1.807) is 12.1 Å². The molecule has 26 heavy (non-hydrogen) atoms. The van der Waals surface area contributed by atoms with Gasteiger partial charge in [0.25, 0.3) is 0 Å². The SMILES string of the molecule is CCc1cccc(C)c1NC(=O)CCN(c1cccc(C)c1)S(C)(=O)=O. The average Bonchev–Trinajstić information content (AvgIpc) is 2.55. The minimum Gasteiger partial charge on any atom is -0.326 e. The Morgan fingerprint density at radius 1 is 1.12 bits per heavy atom. The zero-order valence-electron chi connectivity index (χ0n) is 15.7. The van der Waals surface area contributed by atoms with Crippen LogP contribution in [0.25, 0.3) is 0 Å². The number of carbonyl (C=O) groups is 1. The summed E-state index contributed by atoms with van der Waals surface area (Å²) >= 11 is 0. The van der Waals surface area contributed by atoms with Gasteiger partial charge in [-0.25, -0.2) is 8.42 Å². The number of nitrogens with zero attached hydrogens (tertiary/aromatic N) is 1. The number of rotatable bonds is 7. The van der Waals surface area contributed by atoms with Crippen LogP contribution in [-0.2, 0) is 21.2 Å². The predicted molar refractivity (Wildman–Crippen MR) is 107 cm³/mol. The summed E-state index contributed by atoms with van der Waals surface area (Å²) in [6.07, 6.45) is 2.05. The molecule has 0 saturated carbocycles. The van der Waals surface area contributed by atoms with Crippen molar-refractivity contribution in [3.8, 4) is 0 Å². The Morgan fingerprint density at radius 2 is 1.81 bits per heavy atom. The number of benzene rings is 2. The molecule has 0 radical (unpaired) electrons. The Morgan fingerprint density at radius 3 is 2.42 bits per heavy atom. The van der Waals surface area contributed by atoms with Crippen LogP contribution in [0, 0.1) is 13.8 Å². The van der Waals surface area contributed by atoms with Crippen LogP contribution in [0.15, 0.2) is 42.5 Å². The first-order valence-electron chi connectivity index (χ1n) is 8.65. The molecule has 0 spiro atoms. The third-order valence-corrected chi connectivity index (χ3v) is 5.43. The first-order valence-corrected chi connectivity index (χ1v) is 10.5. The van der Waals surface area contributed by atoms with Gasteiger partial charge in [0.05, 0.1) is 11.9 Å². The summed E-state index contributed by atoms with van der Waals surface area (Å²) in [7, 11) is -3.47. The van der Waals surface area contributed by atoms with E-state index in [0.29, 0.717) is 5.69 Å². The highest BCUT2D eigenvalue weighted by Crippen LogP contribution is 2.22. The van der Waals surface area contributed by atoms with E-state index in [9.17, 15) is 13.2 Å². The summed E-state index contributed by atoms with van der Waals surface area (Å²) in [6, 6.07) is 13.2. The molecule has 2 aromatic rings. The first-order chi connectivity index (χ1) is 12.2. The van der Waals surface area contributed by atoms with E-state index in [-0.39, 0.29) is 18.9 Å². The molecule has 5 nitrogen and oxygen atoms in total. The lowest BCUT2D eigenvalue weighted by Crippen LogP contribution is -2.33. The molecule has 0 heterocycles. The van der Waals surface area contributed by atoms with Crippen molar-refractivity contribution in [1.82, 2.24) is 0 Å². The Balaban J connectivity index is 2.13. The third kappa shape index (κ3) is 5.08. The zero-order chi connectivity index (χ0) is 19.3. The smallest absolute Gasteiger partial charge is 0.232 e. The minimum atomic E-state index is -3.47. The van der Waals surface area contributed by atoms with Crippen molar-refractivity contribution >= 4 is 27.3 Å². The quantitative estimate of drug-likeness (QED) is 0.804. The van der Waals surface area contributed by atoms with Gasteiger partial charge in [-0.05, 0) is 49.1 Å². The highest BCUT2D eigenvalue weighted by atomic mass is 32.2. The molecule has 140 valence electrons. The third-order valence-electron chi connectivity index (χ3n) is 4.24. The maximum Gasteiger partial charge on any atom is 0.232 e. The van der Waals surface area contributed by atoms with Gasteiger partial charge >= 0.3 is 0 Å². The molecule has 0 aliphatic carbocycles. The first kappa shape index (κ1) is 20.0. The Kier molecular flexibility index (Phi) is 6.42. The van der Waals surface area contributed by atoms with Gasteiger partial charge < -0.3 is 5.32 Å². The highest BCUT2D eigenvalue weighted by Gasteiger charge is 2.19. The summed E-state index contributed by atoms with van der Waals surface area (Å²) in [6.45, 7) is 5.99. The maximum atomic E-state index is 12.4. The van der Waals surface area contributed by atoms with Crippen molar-refractivity contribution in [2.24, 2.45) is 0 Å². The molecule has 0 unspecified atom stereocenters. The molecule has 1 N–H and O–H groups in total. The van der Waals surface area contributed by atoms with Gasteiger partial charge in [-0.2, -0.15) is 0 Å². The van der Waals surface area contributed by atoms with Crippen molar-refractivity contribution in [3.63, 3.8) is 0 Å². The molecule has 0 aromatic heterocycles. The van der Waals surface area contributed by atoms with Crippen molar-refractivity contribution < 1.29 is 13.2 Å². The molecule has 6 heteroatoms. The molecule has 1 amide bonds. The van der Waals surface area contributed by atoms with Crippen LogP contribution in [0.3, 0.4) is 0 Å². The van der Waals surface area contributed by atoms with E-state index in [4.69, 9.17) is 0 Å². The summed E-state index contributed by atoms with van der Waals surface area (Å²) in [5, 5.41) is 2.94. The number of nitrogens with one attached hydrogen (secondary N) is 1. The van der Waals surface area contributed by atoms with Crippen molar-refractivity contribution in [2.45, 2.75) is 33.6 Å². The summed E-state index contributed by atoms with van der Waals surface area (Å²) in [4.78, 5) is 12.4. The van der Waals surface area contributed by atoms with E-state index in [1.807, 2.05) is 51.1 Å². The summed E-state index contributed by atoms with van der Waals surface area (Å²) < 4.78 is 25.6. The summed E-state index contributed by atoms with van der Waals surface area (Å²) in [5.74, 6) is -0.199. The second kappa shape index (κ2) is 8.36. The topological polar surface area (TPSA) is 66.5 Å². The van der Waals surface area contributed by atoms with Crippen molar-refractivity contribution in [1.29, 1.82) is 0 Å². The van der Waals surface area contributed by atoms with Gasteiger partial charge in [-0.3, -0.25) is 9.10 Å². The van der Waals surface area contributed by atoms with Gasteiger partial charge in [-0.15, -0.1) is 0 Å². The predicted octanol–water partition coefficient (Wildman–Crippen LogP) is 3.66. The molecular weight excluding hydrogens is 348 g/mol. The van der Waals surface area contributed by atoms with Crippen LogP contribution in [0.1, 0.15) is 30.0 Å². The zero-order valence-corrected chi connectivity index (χ0v) is 16.6. The van der Waals surface area contributed by atoms with Crippen LogP contribution in [-0.4, -0.2) is 27.1 Å². The number of anilines is 2. The maximum absolute atomic E-state index is 12.4. The minimum absolute atomic E-state index is 0.0818. The standard InChI is InChI=1S/C20H26N2O3S/c1-5-17-10-7-9-16(3)20(17)21-19(23)12-13-22(26(4,24)25)18-11-6-8-15(2)14-18/h6-11,14H,5,12-13H2,1-4H3,(H,21,23). The lowest BCUT2D eigenvalue weighted by Gasteiger charge is -2.23. The highest BCUT2D eigenvalue weighted by molar-refractivity contribution is 7.92. The molecule has 0 bridgehead atoms. The fraction of sp³-hybridized carbons (Fsp3) is 0.350. The largest absolute Gasteiger partial charge is 0.326 e. The number of sulfonamides is 1. The molecule has 0 aliphatic heterocycles. The number of para-hydroxylation sites is 1. The second-order valence-corrected chi connectivity index (χ2v) is 8.34. The number of carbonyl (C=O) groups excluding carboxylic acids is 1.